The molecule has 0 bridgehead atoms. The number of hydrogen-bond acceptors (Lipinski definition) is 5. The Bertz CT molecular complexity index is 628. The summed E-state index contributed by atoms with van der Waals surface area (Å²) in [6.07, 6.45) is 0.718. The van der Waals surface area contributed by atoms with Crippen molar-refractivity contribution in [3.05, 3.63) is 57.8 Å². The number of aryl methyl sites for hydroxylation is 1. The Labute approximate surface area is 116 Å². The van der Waals surface area contributed by atoms with Crippen molar-refractivity contribution in [2.24, 2.45) is 5.73 Å². The number of pyridine rings is 1. The van der Waals surface area contributed by atoms with Crippen LogP contribution in [-0.4, -0.2) is 9.91 Å². The average Bonchev–Trinajstić information content (AvgIpc) is 2.47. The SMILES string of the molecule is CCc1ccc([N+](=O)[O-])c(Nc2cccc(CN)c2)n1. The molecule has 6 heteroatoms. The summed E-state index contributed by atoms with van der Waals surface area (Å²) in [7, 11) is 0. The predicted molar refractivity (Wildman–Crippen MR) is 77.9 cm³/mol. The van der Waals surface area contributed by atoms with E-state index in [2.05, 4.69) is 10.3 Å². The summed E-state index contributed by atoms with van der Waals surface area (Å²) >= 11 is 0. The molecule has 0 aliphatic heterocycles. The van der Waals surface area contributed by atoms with Crippen LogP contribution in [0, 0.1) is 10.1 Å². The van der Waals surface area contributed by atoms with Crippen LogP contribution in [0.3, 0.4) is 0 Å². The van der Waals surface area contributed by atoms with Crippen molar-refractivity contribution in [1.29, 1.82) is 0 Å². The number of rotatable bonds is 5. The molecule has 1 aromatic carbocycles. The Kier molecular flexibility index (Phi) is 4.27. The molecular formula is C14H16N4O2. The fourth-order valence-electron chi connectivity index (χ4n) is 1.84. The number of anilines is 2. The molecule has 0 saturated heterocycles. The molecule has 0 spiro atoms. The molecule has 0 atom stereocenters. The lowest BCUT2D eigenvalue weighted by Gasteiger charge is -2.08. The van der Waals surface area contributed by atoms with Crippen molar-refractivity contribution in [3.63, 3.8) is 0 Å². The van der Waals surface area contributed by atoms with Crippen LogP contribution < -0.4 is 11.1 Å². The van der Waals surface area contributed by atoms with Crippen molar-refractivity contribution in [2.45, 2.75) is 19.9 Å². The Hall–Kier alpha value is -2.47. The second kappa shape index (κ2) is 6.12. The van der Waals surface area contributed by atoms with E-state index >= 15 is 0 Å². The molecule has 1 heterocycles. The first kappa shape index (κ1) is 14.0. The van der Waals surface area contributed by atoms with Crippen molar-refractivity contribution >= 4 is 17.2 Å². The molecule has 0 radical (unpaired) electrons. The van der Waals surface area contributed by atoms with E-state index < -0.39 is 4.92 Å². The molecule has 20 heavy (non-hydrogen) atoms. The number of benzene rings is 1. The van der Waals surface area contributed by atoms with E-state index in [0.29, 0.717) is 6.54 Å². The average molecular weight is 272 g/mol. The summed E-state index contributed by atoms with van der Waals surface area (Å²) in [4.78, 5) is 14.9. The topological polar surface area (TPSA) is 94.1 Å². The monoisotopic (exact) mass is 272 g/mol. The molecule has 0 unspecified atom stereocenters. The van der Waals surface area contributed by atoms with Crippen LogP contribution in [0.1, 0.15) is 18.2 Å². The number of aromatic nitrogens is 1. The second-order valence-electron chi connectivity index (χ2n) is 4.31. The van der Waals surface area contributed by atoms with Gasteiger partial charge in [0.2, 0.25) is 5.82 Å². The minimum Gasteiger partial charge on any atom is -0.334 e. The number of hydrogen-bond donors (Lipinski definition) is 2. The fraction of sp³-hybridized carbons (Fsp3) is 0.214. The van der Waals surface area contributed by atoms with Gasteiger partial charge in [-0.15, -0.1) is 0 Å². The van der Waals surface area contributed by atoms with Gasteiger partial charge in [0, 0.05) is 24.0 Å². The van der Waals surface area contributed by atoms with Crippen LogP contribution in [-0.2, 0) is 13.0 Å². The summed E-state index contributed by atoms with van der Waals surface area (Å²) in [5, 5.41) is 14.0. The number of nitrogens with zero attached hydrogens (tertiary/aromatic N) is 2. The quantitative estimate of drug-likeness (QED) is 0.644. The lowest BCUT2D eigenvalue weighted by atomic mass is 10.2. The second-order valence-corrected chi connectivity index (χ2v) is 4.31. The molecule has 2 rings (SSSR count). The Morgan fingerprint density at radius 3 is 2.80 bits per heavy atom. The van der Waals surface area contributed by atoms with E-state index in [1.54, 1.807) is 6.07 Å². The molecule has 1 aromatic heterocycles. The molecule has 0 amide bonds. The lowest BCUT2D eigenvalue weighted by molar-refractivity contribution is -0.384. The first-order chi connectivity index (χ1) is 9.63. The summed E-state index contributed by atoms with van der Waals surface area (Å²) < 4.78 is 0. The van der Waals surface area contributed by atoms with Crippen molar-refractivity contribution in [2.75, 3.05) is 5.32 Å². The van der Waals surface area contributed by atoms with Gasteiger partial charge in [-0.3, -0.25) is 10.1 Å². The van der Waals surface area contributed by atoms with E-state index in [-0.39, 0.29) is 11.5 Å². The fourth-order valence-corrected chi connectivity index (χ4v) is 1.84. The molecule has 104 valence electrons. The molecule has 0 fully saturated rings. The van der Waals surface area contributed by atoms with E-state index in [1.165, 1.54) is 6.07 Å². The van der Waals surface area contributed by atoms with Gasteiger partial charge in [0.25, 0.3) is 0 Å². The zero-order valence-electron chi connectivity index (χ0n) is 11.2. The normalized spacial score (nSPS) is 10.3. The zero-order chi connectivity index (χ0) is 14.5. The van der Waals surface area contributed by atoms with E-state index in [4.69, 9.17) is 5.73 Å². The minimum absolute atomic E-state index is 0.0413. The molecule has 0 aliphatic carbocycles. The van der Waals surface area contributed by atoms with Crippen LogP contribution in [0.2, 0.25) is 0 Å². The van der Waals surface area contributed by atoms with Crippen LogP contribution in [0.25, 0.3) is 0 Å². The third-order valence-corrected chi connectivity index (χ3v) is 2.92. The highest BCUT2D eigenvalue weighted by atomic mass is 16.6. The van der Waals surface area contributed by atoms with Crippen LogP contribution in [0.15, 0.2) is 36.4 Å². The maximum absolute atomic E-state index is 11.0. The smallest absolute Gasteiger partial charge is 0.311 e. The van der Waals surface area contributed by atoms with E-state index in [9.17, 15) is 10.1 Å². The highest BCUT2D eigenvalue weighted by Gasteiger charge is 2.15. The minimum atomic E-state index is -0.443. The number of nitrogens with two attached hydrogens (primary N) is 1. The summed E-state index contributed by atoms with van der Waals surface area (Å²) in [5.74, 6) is 0.253. The van der Waals surface area contributed by atoms with Gasteiger partial charge in [0.05, 0.1) is 4.92 Å². The summed E-state index contributed by atoms with van der Waals surface area (Å²) in [6.45, 7) is 2.37. The van der Waals surface area contributed by atoms with Gasteiger partial charge in [0.1, 0.15) is 0 Å². The van der Waals surface area contributed by atoms with Gasteiger partial charge in [-0.1, -0.05) is 19.1 Å². The van der Waals surface area contributed by atoms with Crippen molar-refractivity contribution < 1.29 is 4.92 Å². The van der Waals surface area contributed by atoms with Crippen molar-refractivity contribution in [1.82, 2.24) is 4.98 Å². The van der Waals surface area contributed by atoms with Gasteiger partial charge >= 0.3 is 5.69 Å². The van der Waals surface area contributed by atoms with E-state index in [0.717, 1.165) is 23.4 Å². The molecule has 0 saturated carbocycles. The van der Waals surface area contributed by atoms with Gasteiger partial charge in [0.15, 0.2) is 0 Å². The Morgan fingerprint density at radius 2 is 2.15 bits per heavy atom. The highest BCUT2D eigenvalue weighted by molar-refractivity contribution is 5.66. The Morgan fingerprint density at radius 1 is 1.35 bits per heavy atom. The van der Waals surface area contributed by atoms with Gasteiger partial charge < -0.3 is 11.1 Å². The van der Waals surface area contributed by atoms with Gasteiger partial charge in [-0.2, -0.15) is 0 Å². The maximum atomic E-state index is 11.0. The molecule has 3 N–H and O–H groups in total. The number of nitrogens with one attached hydrogen (secondary N) is 1. The molecule has 2 aromatic rings. The van der Waals surface area contributed by atoms with Crippen LogP contribution >= 0.6 is 0 Å². The standard InChI is InChI=1S/C14H16N4O2/c1-2-11-6-7-13(18(19)20)14(16-11)17-12-5-3-4-10(8-12)9-15/h3-8H,2,9,15H2,1H3,(H,16,17). The maximum Gasteiger partial charge on any atom is 0.311 e. The third kappa shape index (κ3) is 3.10. The first-order valence-electron chi connectivity index (χ1n) is 6.34. The first-order valence-corrected chi connectivity index (χ1v) is 6.34. The number of nitro groups is 1. The Balaban J connectivity index is 2.37. The van der Waals surface area contributed by atoms with Crippen molar-refractivity contribution in [3.8, 4) is 0 Å². The van der Waals surface area contributed by atoms with Crippen LogP contribution in [0.4, 0.5) is 17.2 Å². The lowest BCUT2D eigenvalue weighted by Crippen LogP contribution is -2.03. The van der Waals surface area contributed by atoms with E-state index in [1.807, 2.05) is 31.2 Å². The highest BCUT2D eigenvalue weighted by Crippen LogP contribution is 2.26. The predicted octanol–water partition coefficient (Wildman–Crippen LogP) is 2.75. The largest absolute Gasteiger partial charge is 0.334 e. The zero-order valence-corrected chi connectivity index (χ0v) is 11.2. The van der Waals surface area contributed by atoms with Gasteiger partial charge in [-0.05, 0) is 30.2 Å². The third-order valence-electron chi connectivity index (χ3n) is 2.92. The van der Waals surface area contributed by atoms with Gasteiger partial charge in [-0.25, -0.2) is 4.98 Å². The van der Waals surface area contributed by atoms with Crippen LogP contribution in [0.5, 0.6) is 0 Å². The summed E-state index contributed by atoms with van der Waals surface area (Å²) in [6, 6.07) is 10.6. The summed E-state index contributed by atoms with van der Waals surface area (Å²) in [5.41, 5.74) is 8.02. The molecular weight excluding hydrogens is 256 g/mol. The molecule has 6 nitrogen and oxygen atoms in total. The molecule has 0 aliphatic rings.